The van der Waals surface area contributed by atoms with Crippen LogP contribution in [0.15, 0.2) is 47.8 Å². The quantitative estimate of drug-likeness (QED) is 0.531. The zero-order chi connectivity index (χ0) is 21.7. The number of amides is 1. The minimum Gasteiger partial charge on any atom is -0.497 e. The van der Waals surface area contributed by atoms with Crippen LogP contribution in [0.3, 0.4) is 0 Å². The highest BCUT2D eigenvalue weighted by Crippen LogP contribution is 2.28. The molecule has 7 nitrogen and oxygen atoms in total. The summed E-state index contributed by atoms with van der Waals surface area (Å²) in [6, 6.07) is 12.5. The van der Waals surface area contributed by atoms with E-state index in [-0.39, 0.29) is 11.7 Å². The first-order valence-electron chi connectivity index (χ1n) is 9.34. The molecular formula is C21H23N3O4S2. The standard InChI is InChI=1S/C21H23N3O4S2/c1-4-12-30(26,27)24-18-7-5-6-17(14(18)2)22-20(25)19-13-29-21(23-19)15-8-10-16(28-3)11-9-15/h5-11,13,24H,4,12H2,1-3H3,(H,22,25). The van der Waals surface area contributed by atoms with Crippen molar-refractivity contribution in [2.75, 3.05) is 22.9 Å². The molecule has 158 valence electrons. The molecule has 0 aliphatic heterocycles. The molecule has 3 rings (SSSR count). The average molecular weight is 446 g/mol. The van der Waals surface area contributed by atoms with Crippen molar-refractivity contribution in [2.45, 2.75) is 20.3 Å². The number of thiazole rings is 1. The Labute approximate surface area is 180 Å². The summed E-state index contributed by atoms with van der Waals surface area (Å²) in [6.45, 7) is 3.56. The Hall–Kier alpha value is -2.91. The van der Waals surface area contributed by atoms with Crippen LogP contribution >= 0.6 is 11.3 Å². The highest BCUT2D eigenvalue weighted by molar-refractivity contribution is 7.92. The van der Waals surface area contributed by atoms with E-state index in [1.54, 1.807) is 44.5 Å². The van der Waals surface area contributed by atoms with E-state index in [1.165, 1.54) is 11.3 Å². The number of aromatic nitrogens is 1. The molecule has 0 saturated heterocycles. The van der Waals surface area contributed by atoms with Gasteiger partial charge in [0.15, 0.2) is 0 Å². The molecule has 0 fully saturated rings. The van der Waals surface area contributed by atoms with E-state index < -0.39 is 10.0 Å². The molecule has 0 unspecified atom stereocenters. The summed E-state index contributed by atoms with van der Waals surface area (Å²) in [5.41, 5.74) is 2.79. The summed E-state index contributed by atoms with van der Waals surface area (Å²) in [5, 5.41) is 5.23. The Morgan fingerprint density at radius 1 is 1.13 bits per heavy atom. The first kappa shape index (κ1) is 21.8. The summed E-state index contributed by atoms with van der Waals surface area (Å²) < 4.78 is 31.9. The molecule has 30 heavy (non-hydrogen) atoms. The van der Waals surface area contributed by atoms with Gasteiger partial charge >= 0.3 is 0 Å². The molecule has 2 aromatic carbocycles. The number of carbonyl (C=O) groups excluding carboxylic acids is 1. The zero-order valence-electron chi connectivity index (χ0n) is 16.9. The van der Waals surface area contributed by atoms with E-state index in [9.17, 15) is 13.2 Å². The van der Waals surface area contributed by atoms with E-state index in [0.717, 1.165) is 16.3 Å². The molecule has 0 aliphatic rings. The van der Waals surface area contributed by atoms with Gasteiger partial charge in [-0.15, -0.1) is 11.3 Å². The van der Waals surface area contributed by atoms with Crippen molar-refractivity contribution in [1.29, 1.82) is 0 Å². The SMILES string of the molecule is CCCS(=O)(=O)Nc1cccc(NC(=O)c2csc(-c3ccc(OC)cc3)n2)c1C. The minimum absolute atomic E-state index is 0.0377. The Kier molecular flexibility index (Phi) is 6.73. The summed E-state index contributed by atoms with van der Waals surface area (Å²) in [4.78, 5) is 17.1. The van der Waals surface area contributed by atoms with Gasteiger partial charge in [-0.05, 0) is 55.3 Å². The van der Waals surface area contributed by atoms with Gasteiger partial charge in [-0.3, -0.25) is 9.52 Å². The maximum atomic E-state index is 12.7. The lowest BCUT2D eigenvalue weighted by Crippen LogP contribution is -2.18. The molecule has 2 N–H and O–H groups in total. The van der Waals surface area contributed by atoms with Crippen LogP contribution in [0.4, 0.5) is 11.4 Å². The second-order valence-corrected chi connectivity index (χ2v) is 9.32. The van der Waals surface area contributed by atoms with Gasteiger partial charge in [0.25, 0.3) is 5.91 Å². The third-order valence-electron chi connectivity index (χ3n) is 4.39. The topological polar surface area (TPSA) is 97.4 Å². The molecule has 3 aromatic rings. The van der Waals surface area contributed by atoms with Gasteiger partial charge in [0.1, 0.15) is 16.5 Å². The third-order valence-corrected chi connectivity index (χ3v) is 6.76. The number of rotatable bonds is 8. The van der Waals surface area contributed by atoms with Gasteiger partial charge < -0.3 is 10.1 Å². The Balaban J connectivity index is 1.76. The van der Waals surface area contributed by atoms with Crippen LogP contribution < -0.4 is 14.8 Å². The lowest BCUT2D eigenvalue weighted by Gasteiger charge is -2.14. The van der Waals surface area contributed by atoms with E-state index >= 15 is 0 Å². The number of ether oxygens (including phenoxy) is 1. The van der Waals surface area contributed by atoms with Crippen molar-refractivity contribution in [3.8, 4) is 16.3 Å². The Morgan fingerprint density at radius 3 is 2.50 bits per heavy atom. The van der Waals surface area contributed by atoms with Crippen molar-refractivity contribution in [2.24, 2.45) is 0 Å². The average Bonchev–Trinajstić information content (AvgIpc) is 3.21. The van der Waals surface area contributed by atoms with E-state index in [4.69, 9.17) is 4.74 Å². The molecule has 0 bridgehead atoms. The first-order chi connectivity index (χ1) is 14.3. The highest BCUT2D eigenvalue weighted by Gasteiger charge is 2.16. The molecule has 0 spiro atoms. The van der Waals surface area contributed by atoms with E-state index in [2.05, 4.69) is 15.0 Å². The number of nitrogens with one attached hydrogen (secondary N) is 2. The van der Waals surface area contributed by atoms with E-state index in [0.29, 0.717) is 29.1 Å². The summed E-state index contributed by atoms with van der Waals surface area (Å²) in [6.07, 6.45) is 0.519. The predicted octanol–water partition coefficient (Wildman–Crippen LogP) is 4.53. The third kappa shape index (κ3) is 5.17. The van der Waals surface area contributed by atoms with Crippen LogP contribution in [0.1, 0.15) is 29.4 Å². The van der Waals surface area contributed by atoms with Crippen LogP contribution in [-0.4, -0.2) is 32.2 Å². The lowest BCUT2D eigenvalue weighted by atomic mass is 10.1. The number of carbonyl (C=O) groups is 1. The molecule has 1 aromatic heterocycles. The summed E-state index contributed by atoms with van der Waals surface area (Å²) in [7, 11) is -1.82. The van der Waals surface area contributed by atoms with Gasteiger partial charge in [0.2, 0.25) is 10.0 Å². The van der Waals surface area contributed by atoms with Crippen LogP contribution in [0, 0.1) is 6.92 Å². The molecule has 1 amide bonds. The van der Waals surface area contributed by atoms with Crippen LogP contribution in [-0.2, 0) is 10.0 Å². The predicted molar refractivity (Wildman–Crippen MR) is 121 cm³/mol. The van der Waals surface area contributed by atoms with Crippen LogP contribution in [0.2, 0.25) is 0 Å². The fourth-order valence-electron chi connectivity index (χ4n) is 2.80. The van der Waals surface area contributed by atoms with Crippen molar-refractivity contribution in [1.82, 2.24) is 4.98 Å². The maximum Gasteiger partial charge on any atom is 0.275 e. The number of anilines is 2. The molecule has 0 radical (unpaired) electrons. The highest BCUT2D eigenvalue weighted by atomic mass is 32.2. The van der Waals surface area contributed by atoms with Crippen molar-refractivity contribution < 1.29 is 17.9 Å². The van der Waals surface area contributed by atoms with Gasteiger partial charge in [0.05, 0.1) is 18.6 Å². The zero-order valence-corrected chi connectivity index (χ0v) is 18.6. The van der Waals surface area contributed by atoms with E-state index in [1.807, 2.05) is 24.3 Å². The molecule has 0 saturated carbocycles. The monoisotopic (exact) mass is 445 g/mol. The maximum absolute atomic E-state index is 12.7. The van der Waals surface area contributed by atoms with Crippen LogP contribution in [0.25, 0.3) is 10.6 Å². The number of nitrogens with zero attached hydrogens (tertiary/aromatic N) is 1. The fraction of sp³-hybridized carbons (Fsp3) is 0.238. The van der Waals surface area contributed by atoms with Gasteiger partial charge in [-0.25, -0.2) is 13.4 Å². The molecule has 0 aliphatic carbocycles. The number of benzene rings is 2. The summed E-state index contributed by atoms with van der Waals surface area (Å²) in [5.74, 6) is 0.427. The minimum atomic E-state index is -3.42. The molecule has 9 heteroatoms. The second kappa shape index (κ2) is 9.27. The molecule has 1 heterocycles. The van der Waals surface area contributed by atoms with Gasteiger partial charge in [-0.1, -0.05) is 13.0 Å². The number of hydrogen-bond acceptors (Lipinski definition) is 6. The lowest BCUT2D eigenvalue weighted by molar-refractivity contribution is 0.102. The fourth-order valence-corrected chi connectivity index (χ4v) is 4.80. The van der Waals surface area contributed by atoms with Crippen molar-refractivity contribution >= 4 is 38.6 Å². The van der Waals surface area contributed by atoms with Crippen molar-refractivity contribution in [3.05, 3.63) is 59.1 Å². The van der Waals surface area contributed by atoms with Gasteiger partial charge in [0, 0.05) is 16.6 Å². The number of methoxy groups -OCH3 is 1. The molecular weight excluding hydrogens is 422 g/mol. The number of sulfonamides is 1. The van der Waals surface area contributed by atoms with Gasteiger partial charge in [-0.2, -0.15) is 0 Å². The largest absolute Gasteiger partial charge is 0.497 e. The second-order valence-electron chi connectivity index (χ2n) is 6.62. The Morgan fingerprint density at radius 2 is 1.83 bits per heavy atom. The normalized spacial score (nSPS) is 11.2. The number of hydrogen-bond donors (Lipinski definition) is 2. The van der Waals surface area contributed by atoms with Crippen LogP contribution in [0.5, 0.6) is 5.75 Å². The summed E-state index contributed by atoms with van der Waals surface area (Å²) >= 11 is 1.37. The first-order valence-corrected chi connectivity index (χ1v) is 11.9. The van der Waals surface area contributed by atoms with Crippen molar-refractivity contribution in [3.63, 3.8) is 0 Å². The molecule has 0 atom stereocenters. The Bertz CT molecular complexity index is 1140. The smallest absolute Gasteiger partial charge is 0.275 e.